The van der Waals surface area contributed by atoms with Gasteiger partial charge in [-0.2, -0.15) is 0 Å². The average molecular weight is 401 g/mol. The minimum absolute atomic E-state index is 0.0145. The zero-order valence-corrected chi connectivity index (χ0v) is 17.1. The molecule has 1 atom stereocenters. The molecule has 2 aromatic rings. The molecule has 2 heterocycles. The number of nitrogens with zero attached hydrogens (tertiary/aromatic N) is 2. The number of carbonyl (C=O) groups is 2. The highest BCUT2D eigenvalue weighted by Crippen LogP contribution is 2.26. The summed E-state index contributed by atoms with van der Waals surface area (Å²) in [4.78, 5) is 30.5. The Morgan fingerprint density at radius 1 is 1.29 bits per heavy atom. The predicted octanol–water partition coefficient (Wildman–Crippen LogP) is 3.95. The topological polar surface area (TPSA) is 74.3 Å². The molecule has 0 unspecified atom stereocenters. The largest absolute Gasteiger partial charge is 0.352 e. The molecule has 3 rings (SSSR count). The molecule has 1 aromatic carbocycles. The van der Waals surface area contributed by atoms with Crippen LogP contribution in [0.25, 0.3) is 0 Å². The quantitative estimate of drug-likeness (QED) is 0.796. The van der Waals surface area contributed by atoms with Crippen LogP contribution in [0.1, 0.15) is 49.0 Å². The number of pyridine rings is 1. The van der Waals surface area contributed by atoms with Crippen molar-refractivity contribution in [3.05, 3.63) is 52.7 Å². The lowest BCUT2D eigenvalue weighted by atomic mass is 9.98. The van der Waals surface area contributed by atoms with Crippen LogP contribution >= 0.6 is 11.6 Å². The molecule has 0 aliphatic carbocycles. The zero-order valence-electron chi connectivity index (χ0n) is 16.3. The van der Waals surface area contributed by atoms with Crippen LogP contribution in [0.5, 0.6) is 0 Å². The second-order valence-corrected chi connectivity index (χ2v) is 7.82. The van der Waals surface area contributed by atoms with Gasteiger partial charge in [0.25, 0.3) is 5.91 Å². The molecule has 0 spiro atoms. The molecule has 2 N–H and O–H groups in total. The van der Waals surface area contributed by atoms with Gasteiger partial charge in [-0.25, -0.2) is 4.98 Å². The van der Waals surface area contributed by atoms with Crippen molar-refractivity contribution in [2.75, 3.05) is 18.4 Å². The van der Waals surface area contributed by atoms with Gasteiger partial charge in [0.1, 0.15) is 5.82 Å². The minimum Gasteiger partial charge on any atom is -0.352 e. The van der Waals surface area contributed by atoms with Crippen LogP contribution in [-0.4, -0.2) is 40.8 Å². The summed E-state index contributed by atoms with van der Waals surface area (Å²) in [6.07, 6.45) is 2.40. The fourth-order valence-corrected chi connectivity index (χ4v) is 3.62. The first-order chi connectivity index (χ1) is 13.3. The number of hydrogen-bond acceptors (Lipinski definition) is 4. The SMILES string of the molecule is CC(=O)N[C@H]1CCN(C(=O)c2cnc(Nc3cccc(Cl)c3)cc2C(C)C)C1. The summed E-state index contributed by atoms with van der Waals surface area (Å²) >= 11 is 6.04. The van der Waals surface area contributed by atoms with Gasteiger partial charge in [-0.15, -0.1) is 0 Å². The fourth-order valence-electron chi connectivity index (χ4n) is 3.43. The first-order valence-electron chi connectivity index (χ1n) is 9.42. The second kappa shape index (κ2) is 8.61. The van der Waals surface area contributed by atoms with Gasteiger partial charge in [0.05, 0.1) is 5.56 Å². The van der Waals surface area contributed by atoms with E-state index in [1.807, 2.05) is 30.3 Å². The maximum absolute atomic E-state index is 13.1. The Hall–Kier alpha value is -2.60. The van der Waals surface area contributed by atoms with Gasteiger partial charge in [0.15, 0.2) is 0 Å². The summed E-state index contributed by atoms with van der Waals surface area (Å²) in [5.41, 5.74) is 2.38. The number of amides is 2. The molecule has 7 heteroatoms. The van der Waals surface area contributed by atoms with E-state index in [9.17, 15) is 9.59 Å². The van der Waals surface area contributed by atoms with E-state index in [4.69, 9.17) is 11.6 Å². The van der Waals surface area contributed by atoms with Gasteiger partial charge in [-0.3, -0.25) is 9.59 Å². The Balaban J connectivity index is 1.79. The van der Waals surface area contributed by atoms with E-state index in [2.05, 4.69) is 29.5 Å². The number of anilines is 2. The van der Waals surface area contributed by atoms with E-state index in [1.54, 1.807) is 11.1 Å². The Bertz CT molecular complexity index is 884. The van der Waals surface area contributed by atoms with Crippen molar-refractivity contribution in [2.45, 2.75) is 39.2 Å². The Morgan fingerprint density at radius 2 is 2.07 bits per heavy atom. The van der Waals surface area contributed by atoms with Crippen LogP contribution in [0.3, 0.4) is 0 Å². The van der Waals surface area contributed by atoms with Crippen molar-refractivity contribution < 1.29 is 9.59 Å². The van der Waals surface area contributed by atoms with Crippen molar-refractivity contribution in [1.82, 2.24) is 15.2 Å². The van der Waals surface area contributed by atoms with Crippen molar-refractivity contribution in [3.8, 4) is 0 Å². The molecule has 1 aliphatic heterocycles. The first kappa shape index (κ1) is 20.1. The normalized spacial score (nSPS) is 16.3. The highest BCUT2D eigenvalue weighted by Gasteiger charge is 2.29. The number of aromatic nitrogens is 1. The first-order valence-corrected chi connectivity index (χ1v) is 9.80. The molecular weight excluding hydrogens is 376 g/mol. The highest BCUT2D eigenvalue weighted by atomic mass is 35.5. The van der Waals surface area contributed by atoms with Crippen LogP contribution in [0.2, 0.25) is 5.02 Å². The number of hydrogen-bond donors (Lipinski definition) is 2. The van der Waals surface area contributed by atoms with E-state index < -0.39 is 0 Å². The van der Waals surface area contributed by atoms with Crippen LogP contribution < -0.4 is 10.6 Å². The van der Waals surface area contributed by atoms with E-state index in [1.165, 1.54) is 6.92 Å². The molecule has 1 aliphatic rings. The van der Waals surface area contributed by atoms with Crippen molar-refractivity contribution in [1.29, 1.82) is 0 Å². The van der Waals surface area contributed by atoms with E-state index in [0.29, 0.717) is 29.5 Å². The number of rotatable bonds is 5. The van der Waals surface area contributed by atoms with E-state index in [0.717, 1.165) is 17.7 Å². The summed E-state index contributed by atoms with van der Waals surface area (Å²) in [5.74, 6) is 0.717. The smallest absolute Gasteiger partial charge is 0.255 e. The maximum atomic E-state index is 13.1. The Labute approximate surface area is 170 Å². The molecule has 1 aromatic heterocycles. The molecule has 1 saturated heterocycles. The Kier molecular flexibility index (Phi) is 6.19. The lowest BCUT2D eigenvalue weighted by Gasteiger charge is -2.20. The van der Waals surface area contributed by atoms with Gasteiger partial charge in [-0.1, -0.05) is 31.5 Å². The number of benzene rings is 1. The second-order valence-electron chi connectivity index (χ2n) is 7.38. The van der Waals surface area contributed by atoms with E-state index in [-0.39, 0.29) is 23.8 Å². The lowest BCUT2D eigenvalue weighted by molar-refractivity contribution is -0.119. The molecule has 0 saturated carbocycles. The van der Waals surface area contributed by atoms with Crippen LogP contribution in [-0.2, 0) is 4.79 Å². The van der Waals surface area contributed by atoms with E-state index >= 15 is 0 Å². The van der Waals surface area contributed by atoms with Crippen LogP contribution in [0.4, 0.5) is 11.5 Å². The van der Waals surface area contributed by atoms with Crippen LogP contribution in [0.15, 0.2) is 36.5 Å². The zero-order chi connectivity index (χ0) is 20.3. The van der Waals surface area contributed by atoms with Gasteiger partial charge < -0.3 is 15.5 Å². The molecule has 0 bridgehead atoms. The molecule has 2 amide bonds. The number of nitrogens with one attached hydrogen (secondary N) is 2. The van der Waals surface area contributed by atoms with Crippen LogP contribution in [0, 0.1) is 0 Å². The number of likely N-dealkylation sites (tertiary alicyclic amines) is 1. The third-order valence-electron chi connectivity index (χ3n) is 4.77. The van der Waals surface area contributed by atoms with Gasteiger partial charge in [0.2, 0.25) is 5.91 Å². The minimum atomic E-state index is -0.0692. The summed E-state index contributed by atoms with van der Waals surface area (Å²) in [6, 6.07) is 9.34. The van der Waals surface area contributed by atoms with Gasteiger partial charge >= 0.3 is 0 Å². The van der Waals surface area contributed by atoms with Crippen molar-refractivity contribution in [3.63, 3.8) is 0 Å². The molecule has 28 heavy (non-hydrogen) atoms. The molecule has 148 valence electrons. The summed E-state index contributed by atoms with van der Waals surface area (Å²) < 4.78 is 0. The number of carbonyl (C=O) groups excluding carboxylic acids is 2. The molecular formula is C21H25ClN4O2. The standard InChI is InChI=1S/C21H25ClN4O2/c1-13(2)18-10-20(25-16-6-4-5-15(22)9-16)23-11-19(18)21(28)26-8-7-17(12-26)24-14(3)27/h4-6,9-11,13,17H,7-8,12H2,1-3H3,(H,23,25)(H,24,27)/t17-/m0/s1. The molecule has 0 radical (unpaired) electrons. The lowest BCUT2D eigenvalue weighted by Crippen LogP contribution is -2.37. The molecule has 1 fully saturated rings. The third-order valence-corrected chi connectivity index (χ3v) is 5.00. The number of halogens is 1. The maximum Gasteiger partial charge on any atom is 0.255 e. The third kappa shape index (κ3) is 4.81. The predicted molar refractivity (Wildman–Crippen MR) is 111 cm³/mol. The van der Waals surface area contributed by atoms with Crippen molar-refractivity contribution in [2.24, 2.45) is 0 Å². The Morgan fingerprint density at radius 3 is 2.75 bits per heavy atom. The highest BCUT2D eigenvalue weighted by molar-refractivity contribution is 6.30. The molecule has 6 nitrogen and oxygen atoms in total. The fraction of sp³-hybridized carbons (Fsp3) is 0.381. The monoisotopic (exact) mass is 400 g/mol. The average Bonchev–Trinajstić information content (AvgIpc) is 3.09. The summed E-state index contributed by atoms with van der Waals surface area (Å²) in [6.45, 7) is 6.76. The van der Waals surface area contributed by atoms with Crippen molar-refractivity contribution >= 4 is 34.9 Å². The van der Waals surface area contributed by atoms with Gasteiger partial charge in [0, 0.05) is 43.0 Å². The van der Waals surface area contributed by atoms with Gasteiger partial charge in [-0.05, 0) is 42.2 Å². The summed E-state index contributed by atoms with van der Waals surface area (Å²) in [5, 5.41) is 6.77. The summed E-state index contributed by atoms with van der Waals surface area (Å²) in [7, 11) is 0.